The largest absolute Gasteiger partial charge is 0.485 e. The summed E-state index contributed by atoms with van der Waals surface area (Å²) in [5.74, 6) is 1.08. The summed E-state index contributed by atoms with van der Waals surface area (Å²) in [6.45, 7) is 3.60. The highest BCUT2D eigenvalue weighted by Gasteiger charge is 2.26. The molecule has 2 heterocycles. The average Bonchev–Trinajstić information content (AvgIpc) is 3.08. The molecule has 1 aliphatic rings. The van der Waals surface area contributed by atoms with E-state index in [9.17, 15) is 4.79 Å². The zero-order chi connectivity index (χ0) is 17.2. The Balaban J connectivity index is 1.40. The van der Waals surface area contributed by atoms with Crippen LogP contribution in [-0.4, -0.2) is 28.2 Å². The molecule has 4 rings (SSSR count). The van der Waals surface area contributed by atoms with Gasteiger partial charge in [0, 0.05) is 13.1 Å². The number of carbonyl (C=O) groups excluding carboxylic acids is 1. The average molecular weight is 337 g/mol. The first-order chi connectivity index (χ1) is 12.2. The maximum Gasteiger partial charge on any atom is 0.264 e. The third-order valence-electron chi connectivity index (χ3n) is 4.29. The van der Waals surface area contributed by atoms with Crippen molar-refractivity contribution in [3.8, 4) is 11.5 Å². The third kappa shape index (κ3) is 3.03. The van der Waals surface area contributed by atoms with E-state index in [1.807, 2.05) is 42.7 Å². The van der Waals surface area contributed by atoms with Gasteiger partial charge in [-0.15, -0.1) is 0 Å². The lowest BCUT2D eigenvalue weighted by molar-refractivity contribution is -0.130. The molecule has 128 valence electrons. The number of nitrogens with zero attached hydrogens (tertiary/aromatic N) is 2. The predicted molar refractivity (Wildman–Crippen MR) is 93.6 cm³/mol. The van der Waals surface area contributed by atoms with Crippen LogP contribution in [0.3, 0.4) is 0 Å². The summed E-state index contributed by atoms with van der Waals surface area (Å²) in [7, 11) is 0. The van der Waals surface area contributed by atoms with Crippen molar-refractivity contribution in [2.24, 2.45) is 0 Å². The molecule has 6 heteroatoms. The lowest BCUT2D eigenvalue weighted by Crippen LogP contribution is -2.43. The van der Waals surface area contributed by atoms with E-state index in [1.54, 1.807) is 6.07 Å². The van der Waals surface area contributed by atoms with E-state index in [2.05, 4.69) is 21.8 Å². The van der Waals surface area contributed by atoms with Gasteiger partial charge in [-0.2, -0.15) is 0 Å². The smallest absolute Gasteiger partial charge is 0.264 e. The number of aromatic nitrogens is 2. The van der Waals surface area contributed by atoms with Crippen molar-refractivity contribution in [2.75, 3.05) is 6.61 Å². The minimum absolute atomic E-state index is 0.186. The van der Waals surface area contributed by atoms with E-state index in [-0.39, 0.29) is 12.5 Å². The van der Waals surface area contributed by atoms with Crippen molar-refractivity contribution in [3.05, 3.63) is 54.4 Å². The number of amides is 1. The topological polar surface area (TPSA) is 65.4 Å². The Kier molecular flexibility index (Phi) is 4.01. The molecule has 0 saturated carbocycles. The minimum atomic E-state index is -0.641. The number of nitrogens with one attached hydrogen (secondary N) is 1. The number of para-hydroxylation sites is 2. The molecule has 0 fully saturated rings. The maximum absolute atomic E-state index is 12.4. The van der Waals surface area contributed by atoms with Gasteiger partial charge in [-0.05, 0) is 36.8 Å². The van der Waals surface area contributed by atoms with Crippen LogP contribution in [0.15, 0.2) is 48.8 Å². The van der Waals surface area contributed by atoms with E-state index in [0.717, 1.165) is 23.1 Å². The van der Waals surface area contributed by atoms with E-state index in [0.29, 0.717) is 18.0 Å². The molecule has 1 atom stereocenters. The Morgan fingerprint density at radius 3 is 2.96 bits per heavy atom. The van der Waals surface area contributed by atoms with Crippen LogP contribution in [0.2, 0.25) is 0 Å². The van der Waals surface area contributed by atoms with Gasteiger partial charge in [-0.1, -0.05) is 18.2 Å². The fraction of sp³-hybridized carbons (Fsp3) is 0.263. The Labute approximate surface area is 145 Å². The van der Waals surface area contributed by atoms with Crippen LogP contribution >= 0.6 is 0 Å². The molecule has 1 amide bonds. The number of carbonyl (C=O) groups is 1. The Morgan fingerprint density at radius 1 is 1.28 bits per heavy atom. The number of imidazole rings is 1. The van der Waals surface area contributed by atoms with Crippen LogP contribution in [0.1, 0.15) is 12.5 Å². The second-order valence-electron chi connectivity index (χ2n) is 5.94. The van der Waals surface area contributed by atoms with Gasteiger partial charge in [-0.3, -0.25) is 4.79 Å². The summed E-state index contributed by atoms with van der Waals surface area (Å²) in [5.41, 5.74) is 3.03. The summed E-state index contributed by atoms with van der Waals surface area (Å²) in [6.07, 6.45) is 1.19. The molecule has 0 radical (unpaired) electrons. The van der Waals surface area contributed by atoms with Crippen molar-refractivity contribution in [1.82, 2.24) is 14.9 Å². The van der Waals surface area contributed by atoms with Gasteiger partial charge in [0.2, 0.25) is 6.10 Å². The second-order valence-corrected chi connectivity index (χ2v) is 5.94. The predicted octanol–water partition coefficient (Wildman–Crippen LogP) is 2.51. The first-order valence-corrected chi connectivity index (χ1v) is 8.34. The number of hydrogen-bond donors (Lipinski definition) is 1. The Morgan fingerprint density at radius 2 is 2.12 bits per heavy atom. The van der Waals surface area contributed by atoms with E-state index in [4.69, 9.17) is 9.47 Å². The number of benzene rings is 2. The molecule has 0 aliphatic carbocycles. The van der Waals surface area contributed by atoms with Crippen LogP contribution in [0.5, 0.6) is 11.5 Å². The van der Waals surface area contributed by atoms with Gasteiger partial charge in [-0.25, -0.2) is 4.98 Å². The molecule has 1 unspecified atom stereocenters. The summed E-state index contributed by atoms with van der Waals surface area (Å²) in [6, 6.07) is 13.4. The quantitative estimate of drug-likeness (QED) is 0.794. The number of aryl methyl sites for hydroxylation is 1. The van der Waals surface area contributed by atoms with Crippen LogP contribution < -0.4 is 14.8 Å². The van der Waals surface area contributed by atoms with E-state index >= 15 is 0 Å². The standard InChI is InChI=1S/C19H19N3O3/c1-2-22-12-21-14-9-13(7-8-15(14)22)10-20-19(23)18-11-24-16-5-3-4-6-17(16)25-18/h3-9,12,18H,2,10-11H2,1H3,(H,20,23). The van der Waals surface area contributed by atoms with Crippen molar-refractivity contribution in [1.29, 1.82) is 0 Å². The molecule has 6 nitrogen and oxygen atoms in total. The summed E-state index contributed by atoms with van der Waals surface area (Å²) in [5, 5.41) is 2.91. The molecule has 0 spiro atoms. The van der Waals surface area contributed by atoms with Crippen LogP contribution in [0.25, 0.3) is 11.0 Å². The highest BCUT2D eigenvalue weighted by Crippen LogP contribution is 2.30. The molecule has 1 N–H and O–H groups in total. The molecule has 0 bridgehead atoms. The molecular weight excluding hydrogens is 318 g/mol. The van der Waals surface area contributed by atoms with Gasteiger partial charge in [0.15, 0.2) is 11.5 Å². The van der Waals surface area contributed by atoms with Crippen LogP contribution in [0.4, 0.5) is 0 Å². The normalized spacial score (nSPS) is 16.0. The van der Waals surface area contributed by atoms with Gasteiger partial charge in [0.25, 0.3) is 5.91 Å². The van der Waals surface area contributed by atoms with Crippen LogP contribution in [0, 0.1) is 0 Å². The first-order valence-electron chi connectivity index (χ1n) is 8.34. The number of fused-ring (bicyclic) bond motifs is 2. The van der Waals surface area contributed by atoms with Gasteiger partial charge in [0.05, 0.1) is 17.4 Å². The lowest BCUT2D eigenvalue weighted by Gasteiger charge is -2.25. The van der Waals surface area contributed by atoms with Crippen molar-refractivity contribution in [3.63, 3.8) is 0 Å². The van der Waals surface area contributed by atoms with Crippen LogP contribution in [-0.2, 0) is 17.9 Å². The van der Waals surface area contributed by atoms with Gasteiger partial charge in [0.1, 0.15) is 6.61 Å². The first kappa shape index (κ1) is 15.5. The van der Waals surface area contributed by atoms with Crippen molar-refractivity contribution in [2.45, 2.75) is 26.1 Å². The second kappa shape index (κ2) is 6.47. The molecular formula is C19H19N3O3. The zero-order valence-electron chi connectivity index (χ0n) is 13.9. The highest BCUT2D eigenvalue weighted by molar-refractivity contribution is 5.82. The molecule has 1 aliphatic heterocycles. The number of rotatable bonds is 4. The Bertz CT molecular complexity index is 919. The maximum atomic E-state index is 12.4. The molecule has 1 aromatic heterocycles. The number of ether oxygens (including phenoxy) is 2. The molecule has 3 aromatic rings. The SMILES string of the molecule is CCn1cnc2cc(CNC(=O)C3COc4ccccc4O3)ccc21. The van der Waals surface area contributed by atoms with Crippen molar-refractivity contribution >= 4 is 16.9 Å². The fourth-order valence-corrected chi connectivity index (χ4v) is 2.92. The minimum Gasteiger partial charge on any atom is -0.485 e. The molecule has 0 saturated heterocycles. The van der Waals surface area contributed by atoms with Crippen molar-refractivity contribution < 1.29 is 14.3 Å². The van der Waals surface area contributed by atoms with Gasteiger partial charge >= 0.3 is 0 Å². The monoisotopic (exact) mass is 337 g/mol. The zero-order valence-corrected chi connectivity index (χ0v) is 13.9. The summed E-state index contributed by atoms with van der Waals surface area (Å²) >= 11 is 0. The third-order valence-corrected chi connectivity index (χ3v) is 4.29. The molecule has 25 heavy (non-hydrogen) atoms. The molecule has 2 aromatic carbocycles. The summed E-state index contributed by atoms with van der Waals surface area (Å²) < 4.78 is 13.4. The lowest BCUT2D eigenvalue weighted by atomic mass is 10.2. The highest BCUT2D eigenvalue weighted by atomic mass is 16.6. The van der Waals surface area contributed by atoms with E-state index < -0.39 is 6.10 Å². The van der Waals surface area contributed by atoms with Gasteiger partial charge < -0.3 is 19.4 Å². The summed E-state index contributed by atoms with van der Waals surface area (Å²) in [4.78, 5) is 16.8. The number of hydrogen-bond acceptors (Lipinski definition) is 4. The van der Waals surface area contributed by atoms with E-state index in [1.165, 1.54) is 0 Å². The fourth-order valence-electron chi connectivity index (χ4n) is 2.92. The Hall–Kier alpha value is -3.02.